The summed E-state index contributed by atoms with van der Waals surface area (Å²) in [5, 5.41) is 12.1. The first kappa shape index (κ1) is 21.1. The highest BCUT2D eigenvalue weighted by Crippen LogP contribution is 2.39. The molecule has 2 aliphatic rings. The number of rotatable bonds is 6. The molecule has 4 aromatic rings. The molecule has 10 heteroatoms. The molecule has 9 nitrogen and oxygen atoms in total. The van der Waals surface area contributed by atoms with Gasteiger partial charge in [0.05, 0.1) is 23.8 Å². The number of nitrogens with one attached hydrogen (secondary N) is 2. The number of morpholine rings is 1. The number of hydrogen-bond acceptors (Lipinski definition) is 8. The summed E-state index contributed by atoms with van der Waals surface area (Å²) in [5.41, 5.74) is 1.01. The zero-order chi connectivity index (χ0) is 23.1. The second-order valence-electron chi connectivity index (χ2n) is 8.61. The summed E-state index contributed by atoms with van der Waals surface area (Å²) in [7, 11) is -3.95. The second-order valence-corrected chi connectivity index (χ2v) is 10.5. The van der Waals surface area contributed by atoms with E-state index in [9.17, 15) is 8.42 Å². The third-order valence-electron chi connectivity index (χ3n) is 6.15. The predicted octanol–water partition coefficient (Wildman–Crippen LogP) is 3.64. The van der Waals surface area contributed by atoms with Gasteiger partial charge in [0, 0.05) is 31.1 Å². The number of hydrogen-bond donors (Lipinski definition) is 2. The van der Waals surface area contributed by atoms with Gasteiger partial charge in [-0.15, -0.1) is 0 Å². The van der Waals surface area contributed by atoms with Crippen LogP contribution >= 0.6 is 0 Å². The van der Waals surface area contributed by atoms with E-state index in [0.717, 1.165) is 29.3 Å². The van der Waals surface area contributed by atoms with Gasteiger partial charge in [-0.1, -0.05) is 30.3 Å². The lowest BCUT2D eigenvalue weighted by Gasteiger charge is -2.28. The van der Waals surface area contributed by atoms with Crippen LogP contribution in [0.2, 0.25) is 0 Å². The third kappa shape index (κ3) is 4.10. The van der Waals surface area contributed by atoms with Crippen molar-refractivity contribution in [3.05, 3.63) is 60.3 Å². The molecule has 1 aliphatic carbocycles. The van der Waals surface area contributed by atoms with Crippen molar-refractivity contribution in [1.82, 2.24) is 20.2 Å². The molecular weight excluding hydrogens is 452 g/mol. The average Bonchev–Trinajstić information content (AvgIpc) is 3.63. The molecule has 2 aromatic heterocycles. The normalized spacial score (nSPS) is 16.6. The lowest BCUT2D eigenvalue weighted by Crippen LogP contribution is -2.37. The van der Waals surface area contributed by atoms with Crippen molar-refractivity contribution in [3.63, 3.8) is 0 Å². The Bertz CT molecular complexity index is 1460. The maximum absolute atomic E-state index is 13.6. The first-order chi connectivity index (χ1) is 16.6. The van der Waals surface area contributed by atoms with E-state index in [1.807, 2.05) is 35.2 Å². The largest absolute Gasteiger partial charge is 0.378 e. The quantitative estimate of drug-likeness (QED) is 0.406. The summed E-state index contributed by atoms with van der Waals surface area (Å²) >= 11 is 0. The van der Waals surface area contributed by atoms with Crippen LogP contribution in [0, 0.1) is 0 Å². The van der Waals surface area contributed by atoms with Crippen molar-refractivity contribution in [3.8, 4) is 0 Å². The van der Waals surface area contributed by atoms with Crippen LogP contribution in [0.5, 0.6) is 0 Å². The van der Waals surface area contributed by atoms with Crippen molar-refractivity contribution >= 4 is 38.1 Å². The summed E-state index contributed by atoms with van der Waals surface area (Å²) in [6.45, 7) is 2.37. The Morgan fingerprint density at radius 3 is 2.56 bits per heavy atom. The molecule has 2 fully saturated rings. The Labute approximate surface area is 197 Å². The minimum atomic E-state index is -3.95. The minimum Gasteiger partial charge on any atom is -0.378 e. The summed E-state index contributed by atoms with van der Waals surface area (Å²) < 4.78 is 32.7. The fourth-order valence-electron chi connectivity index (χ4n) is 4.12. The van der Waals surface area contributed by atoms with E-state index in [4.69, 9.17) is 4.74 Å². The van der Waals surface area contributed by atoms with Crippen LogP contribution in [0.1, 0.15) is 24.5 Å². The van der Waals surface area contributed by atoms with Crippen molar-refractivity contribution in [1.29, 1.82) is 0 Å². The highest BCUT2D eigenvalue weighted by atomic mass is 32.2. The van der Waals surface area contributed by atoms with Crippen LogP contribution in [0.25, 0.3) is 10.8 Å². The first-order valence-corrected chi connectivity index (χ1v) is 12.8. The molecule has 34 heavy (non-hydrogen) atoms. The number of sulfone groups is 1. The topological polar surface area (TPSA) is 113 Å². The maximum Gasteiger partial charge on any atom is 0.255 e. The van der Waals surface area contributed by atoms with E-state index in [1.165, 1.54) is 0 Å². The van der Waals surface area contributed by atoms with Crippen molar-refractivity contribution in [2.24, 2.45) is 0 Å². The molecule has 6 rings (SSSR count). The zero-order valence-corrected chi connectivity index (χ0v) is 19.3. The lowest BCUT2D eigenvalue weighted by atomic mass is 10.1. The van der Waals surface area contributed by atoms with Gasteiger partial charge in [-0.3, -0.25) is 5.10 Å². The maximum atomic E-state index is 13.6. The predicted molar refractivity (Wildman–Crippen MR) is 128 cm³/mol. The Morgan fingerprint density at radius 1 is 0.971 bits per heavy atom. The van der Waals surface area contributed by atoms with Crippen LogP contribution in [-0.4, -0.2) is 54.9 Å². The number of benzene rings is 2. The van der Waals surface area contributed by atoms with Gasteiger partial charge in [-0.05, 0) is 35.7 Å². The van der Waals surface area contributed by atoms with E-state index in [2.05, 4.69) is 25.5 Å². The molecule has 1 saturated heterocycles. The van der Waals surface area contributed by atoms with Gasteiger partial charge < -0.3 is 15.0 Å². The van der Waals surface area contributed by atoms with E-state index < -0.39 is 9.84 Å². The standard InChI is InChI=1S/C24H24N6O3S/c31-34(32,19-8-7-16-3-1-2-4-18(16)13-19)24-26-21(15-23(27-24)30-9-11-33-12-10-30)25-22-14-20(28-29-22)17-5-6-17/h1-4,7-8,13-15,17H,5-6,9-12H2,(H2,25,26,27,28,29). The molecule has 0 spiro atoms. The van der Waals surface area contributed by atoms with Gasteiger partial charge in [0.2, 0.25) is 9.84 Å². The Hall–Kier alpha value is -3.50. The van der Waals surface area contributed by atoms with Gasteiger partial charge in [-0.25, -0.2) is 18.4 Å². The van der Waals surface area contributed by atoms with Gasteiger partial charge in [0.25, 0.3) is 5.16 Å². The van der Waals surface area contributed by atoms with Gasteiger partial charge in [0.1, 0.15) is 17.5 Å². The summed E-state index contributed by atoms with van der Waals surface area (Å²) in [6, 6.07) is 16.4. The highest BCUT2D eigenvalue weighted by molar-refractivity contribution is 7.91. The number of ether oxygens (including phenoxy) is 1. The number of H-pyrrole nitrogens is 1. The molecule has 3 heterocycles. The van der Waals surface area contributed by atoms with E-state index in [0.29, 0.717) is 49.7 Å². The fraction of sp³-hybridized carbons (Fsp3) is 0.292. The van der Waals surface area contributed by atoms with Gasteiger partial charge in [0.15, 0.2) is 0 Å². The lowest BCUT2D eigenvalue weighted by molar-refractivity contribution is 0.122. The Kier molecular flexibility index (Phi) is 5.19. The van der Waals surface area contributed by atoms with Crippen molar-refractivity contribution in [2.75, 3.05) is 36.5 Å². The van der Waals surface area contributed by atoms with E-state index in [-0.39, 0.29) is 10.1 Å². The molecule has 0 radical (unpaired) electrons. The zero-order valence-electron chi connectivity index (χ0n) is 18.4. The average molecular weight is 477 g/mol. The third-order valence-corrected chi connectivity index (χ3v) is 7.69. The van der Waals surface area contributed by atoms with Gasteiger partial charge in [-0.2, -0.15) is 5.10 Å². The molecule has 1 saturated carbocycles. The second kappa shape index (κ2) is 8.37. The minimum absolute atomic E-state index is 0.161. The summed E-state index contributed by atoms with van der Waals surface area (Å²) in [5.74, 6) is 2.11. The van der Waals surface area contributed by atoms with E-state index in [1.54, 1.807) is 24.3 Å². The van der Waals surface area contributed by atoms with Crippen molar-refractivity contribution < 1.29 is 13.2 Å². The molecule has 174 valence electrons. The Balaban J connectivity index is 1.40. The van der Waals surface area contributed by atoms with E-state index >= 15 is 0 Å². The van der Waals surface area contributed by atoms with Crippen LogP contribution in [-0.2, 0) is 14.6 Å². The summed E-state index contributed by atoms with van der Waals surface area (Å²) in [4.78, 5) is 11.1. The monoisotopic (exact) mass is 476 g/mol. The molecule has 0 unspecified atom stereocenters. The number of nitrogens with zero attached hydrogens (tertiary/aromatic N) is 4. The molecule has 2 aromatic carbocycles. The van der Waals surface area contributed by atoms with Crippen LogP contribution < -0.4 is 10.2 Å². The molecule has 1 aliphatic heterocycles. The van der Waals surface area contributed by atoms with Crippen LogP contribution in [0.15, 0.2) is 64.6 Å². The number of fused-ring (bicyclic) bond motifs is 1. The van der Waals surface area contributed by atoms with Crippen LogP contribution in [0.4, 0.5) is 17.5 Å². The molecule has 2 N–H and O–H groups in total. The fourth-order valence-corrected chi connectivity index (χ4v) is 5.29. The molecule has 0 bridgehead atoms. The molecule has 0 atom stereocenters. The number of anilines is 3. The Morgan fingerprint density at radius 2 is 1.76 bits per heavy atom. The first-order valence-electron chi connectivity index (χ1n) is 11.3. The van der Waals surface area contributed by atoms with Crippen molar-refractivity contribution in [2.45, 2.75) is 28.8 Å². The highest BCUT2D eigenvalue weighted by Gasteiger charge is 2.27. The SMILES string of the molecule is O=S(=O)(c1ccc2ccccc2c1)c1nc(Nc2cc(C3CC3)n[nH]2)cc(N2CCOCC2)n1. The smallest absolute Gasteiger partial charge is 0.255 e. The summed E-state index contributed by atoms with van der Waals surface area (Å²) in [6.07, 6.45) is 2.29. The molecule has 0 amide bonds. The number of aromatic nitrogens is 4. The number of aromatic amines is 1. The molecular formula is C24H24N6O3S. The van der Waals surface area contributed by atoms with Gasteiger partial charge >= 0.3 is 0 Å². The van der Waals surface area contributed by atoms with Crippen LogP contribution in [0.3, 0.4) is 0 Å².